The van der Waals surface area contributed by atoms with Gasteiger partial charge in [-0.05, 0) is 31.9 Å². The van der Waals surface area contributed by atoms with Crippen LogP contribution in [0.2, 0.25) is 0 Å². The number of carbonyl (C=O) groups excluding carboxylic acids is 1. The lowest BCUT2D eigenvalue weighted by Gasteiger charge is -2.13. The fraction of sp³-hybridized carbons (Fsp3) is 0.500. The van der Waals surface area contributed by atoms with Crippen molar-refractivity contribution in [3.8, 4) is 0 Å². The van der Waals surface area contributed by atoms with Crippen LogP contribution in [0.1, 0.15) is 55.2 Å². The molecule has 1 amide bonds. The number of hydrogen-bond acceptors (Lipinski definition) is 3. The van der Waals surface area contributed by atoms with E-state index in [1.165, 1.54) is 6.33 Å². The lowest BCUT2D eigenvalue weighted by Crippen LogP contribution is -2.29. The molecule has 0 aliphatic rings. The van der Waals surface area contributed by atoms with Crippen LogP contribution in [-0.2, 0) is 13.0 Å². The Morgan fingerprint density at radius 1 is 1.45 bits per heavy atom. The number of hydrogen-bond donors (Lipinski definition) is 2. The van der Waals surface area contributed by atoms with Gasteiger partial charge in [-0.1, -0.05) is 13.8 Å². The number of H-pyrrole nitrogens is 1. The Hall–Kier alpha value is -2.11. The monoisotopic (exact) mass is 275 g/mol. The number of amides is 1. The second kappa shape index (κ2) is 6.36. The SMILES string of the molecule is CCCn1ncnc1[C@H](C)NC(=O)c1ccc(CC)[nH]1. The Balaban J connectivity index is 2.05. The van der Waals surface area contributed by atoms with Gasteiger partial charge >= 0.3 is 0 Å². The third-order valence-corrected chi connectivity index (χ3v) is 3.19. The zero-order valence-electron chi connectivity index (χ0n) is 12.2. The van der Waals surface area contributed by atoms with Gasteiger partial charge in [-0.25, -0.2) is 9.67 Å². The van der Waals surface area contributed by atoms with Gasteiger partial charge in [0.2, 0.25) is 0 Å². The number of nitrogens with one attached hydrogen (secondary N) is 2. The first-order valence-electron chi connectivity index (χ1n) is 7.02. The molecule has 20 heavy (non-hydrogen) atoms. The lowest BCUT2D eigenvalue weighted by molar-refractivity contribution is 0.0933. The van der Waals surface area contributed by atoms with Crippen molar-refractivity contribution in [1.29, 1.82) is 0 Å². The highest BCUT2D eigenvalue weighted by molar-refractivity contribution is 5.92. The van der Waals surface area contributed by atoms with E-state index in [1.54, 1.807) is 6.07 Å². The van der Waals surface area contributed by atoms with Crippen LogP contribution in [0.25, 0.3) is 0 Å². The van der Waals surface area contributed by atoms with Crippen LogP contribution < -0.4 is 5.32 Å². The molecule has 6 heteroatoms. The molecule has 2 N–H and O–H groups in total. The highest BCUT2D eigenvalue weighted by Gasteiger charge is 2.17. The summed E-state index contributed by atoms with van der Waals surface area (Å²) in [6, 6.07) is 3.56. The van der Waals surface area contributed by atoms with Crippen LogP contribution in [0.4, 0.5) is 0 Å². The van der Waals surface area contributed by atoms with E-state index in [-0.39, 0.29) is 11.9 Å². The van der Waals surface area contributed by atoms with Crippen LogP contribution in [0.5, 0.6) is 0 Å². The van der Waals surface area contributed by atoms with E-state index in [0.717, 1.165) is 30.9 Å². The van der Waals surface area contributed by atoms with Gasteiger partial charge in [0.05, 0.1) is 6.04 Å². The minimum absolute atomic E-state index is 0.122. The second-order valence-corrected chi connectivity index (χ2v) is 4.79. The van der Waals surface area contributed by atoms with Crippen molar-refractivity contribution in [3.63, 3.8) is 0 Å². The molecular formula is C14H21N5O. The number of aromatic nitrogens is 4. The first-order valence-corrected chi connectivity index (χ1v) is 7.02. The van der Waals surface area contributed by atoms with Crippen molar-refractivity contribution in [2.45, 2.75) is 46.2 Å². The van der Waals surface area contributed by atoms with Crippen molar-refractivity contribution in [3.05, 3.63) is 35.7 Å². The van der Waals surface area contributed by atoms with Crippen molar-refractivity contribution in [1.82, 2.24) is 25.1 Å². The van der Waals surface area contributed by atoms with Gasteiger partial charge in [-0.2, -0.15) is 5.10 Å². The van der Waals surface area contributed by atoms with Crippen molar-refractivity contribution < 1.29 is 4.79 Å². The molecule has 0 unspecified atom stereocenters. The third-order valence-electron chi connectivity index (χ3n) is 3.19. The number of aromatic amines is 1. The summed E-state index contributed by atoms with van der Waals surface area (Å²) >= 11 is 0. The Morgan fingerprint density at radius 2 is 2.25 bits per heavy atom. The van der Waals surface area contributed by atoms with E-state index >= 15 is 0 Å². The largest absolute Gasteiger partial charge is 0.354 e. The van der Waals surface area contributed by atoms with Gasteiger partial charge in [0.15, 0.2) is 0 Å². The number of aryl methyl sites for hydroxylation is 2. The van der Waals surface area contributed by atoms with E-state index in [1.807, 2.05) is 24.6 Å². The fourth-order valence-electron chi connectivity index (χ4n) is 2.11. The Bertz CT molecular complexity index is 572. The maximum atomic E-state index is 12.1. The Kier molecular flexibility index (Phi) is 4.55. The highest BCUT2D eigenvalue weighted by atomic mass is 16.1. The molecule has 0 aliphatic carbocycles. The molecule has 0 saturated carbocycles. The molecule has 0 radical (unpaired) electrons. The number of rotatable bonds is 6. The van der Waals surface area contributed by atoms with Crippen molar-refractivity contribution in [2.24, 2.45) is 0 Å². The van der Waals surface area contributed by atoms with Crippen LogP contribution >= 0.6 is 0 Å². The molecule has 0 aromatic carbocycles. The molecule has 108 valence electrons. The summed E-state index contributed by atoms with van der Waals surface area (Å²) in [6.07, 6.45) is 3.39. The zero-order chi connectivity index (χ0) is 14.5. The number of carbonyl (C=O) groups is 1. The van der Waals surface area contributed by atoms with Gasteiger partial charge in [0.1, 0.15) is 17.8 Å². The standard InChI is InChI=1S/C14H21N5O/c1-4-8-19-13(15-9-16-19)10(3)17-14(20)12-7-6-11(5-2)18-12/h6-7,9-10,18H,4-5,8H2,1-3H3,(H,17,20)/t10-/m0/s1. The summed E-state index contributed by atoms with van der Waals surface area (Å²) in [5, 5.41) is 7.11. The fourth-order valence-corrected chi connectivity index (χ4v) is 2.11. The minimum Gasteiger partial charge on any atom is -0.354 e. The summed E-state index contributed by atoms with van der Waals surface area (Å²) < 4.78 is 1.83. The second-order valence-electron chi connectivity index (χ2n) is 4.79. The molecule has 2 aromatic rings. The topological polar surface area (TPSA) is 75.6 Å². The molecule has 0 saturated heterocycles. The lowest BCUT2D eigenvalue weighted by atomic mass is 10.3. The van der Waals surface area contributed by atoms with Crippen molar-refractivity contribution >= 4 is 5.91 Å². The molecule has 0 fully saturated rings. The summed E-state index contributed by atoms with van der Waals surface area (Å²) in [5.74, 6) is 0.658. The molecule has 0 spiro atoms. The van der Waals surface area contributed by atoms with Crippen LogP contribution in [-0.4, -0.2) is 25.7 Å². The Morgan fingerprint density at radius 3 is 2.90 bits per heavy atom. The van der Waals surface area contributed by atoms with Gasteiger partial charge in [0, 0.05) is 12.2 Å². The quantitative estimate of drug-likeness (QED) is 0.847. The smallest absolute Gasteiger partial charge is 0.268 e. The van der Waals surface area contributed by atoms with E-state index < -0.39 is 0 Å². The van der Waals surface area contributed by atoms with Crippen LogP contribution in [0, 0.1) is 0 Å². The van der Waals surface area contributed by atoms with E-state index in [2.05, 4.69) is 27.3 Å². The van der Waals surface area contributed by atoms with Crippen LogP contribution in [0.3, 0.4) is 0 Å². The molecule has 2 heterocycles. The van der Waals surface area contributed by atoms with Crippen molar-refractivity contribution in [2.75, 3.05) is 0 Å². The summed E-state index contributed by atoms with van der Waals surface area (Å²) in [7, 11) is 0. The predicted molar refractivity (Wildman–Crippen MR) is 76.4 cm³/mol. The first-order chi connectivity index (χ1) is 9.65. The van der Waals surface area contributed by atoms with Gasteiger partial charge in [-0.3, -0.25) is 4.79 Å². The molecule has 0 bridgehead atoms. The van der Waals surface area contributed by atoms with Crippen LogP contribution in [0.15, 0.2) is 18.5 Å². The minimum atomic E-state index is -0.176. The highest BCUT2D eigenvalue weighted by Crippen LogP contribution is 2.11. The van der Waals surface area contributed by atoms with E-state index in [0.29, 0.717) is 5.69 Å². The molecular weight excluding hydrogens is 254 g/mol. The third kappa shape index (κ3) is 3.07. The average molecular weight is 275 g/mol. The van der Waals surface area contributed by atoms with E-state index in [4.69, 9.17) is 0 Å². The van der Waals surface area contributed by atoms with Gasteiger partial charge in [0.25, 0.3) is 5.91 Å². The zero-order valence-corrected chi connectivity index (χ0v) is 12.2. The molecule has 2 aromatic heterocycles. The summed E-state index contributed by atoms with van der Waals surface area (Å²) in [6.45, 7) is 6.85. The van der Waals surface area contributed by atoms with Gasteiger partial charge in [-0.15, -0.1) is 0 Å². The Labute approximate surface area is 118 Å². The normalized spacial score (nSPS) is 12.3. The van der Waals surface area contributed by atoms with Gasteiger partial charge < -0.3 is 10.3 Å². The molecule has 1 atom stereocenters. The number of nitrogens with zero attached hydrogens (tertiary/aromatic N) is 3. The summed E-state index contributed by atoms with van der Waals surface area (Å²) in [4.78, 5) is 19.5. The molecule has 2 rings (SSSR count). The molecule has 0 aliphatic heterocycles. The average Bonchev–Trinajstić information content (AvgIpc) is 3.07. The molecule has 6 nitrogen and oxygen atoms in total. The van der Waals surface area contributed by atoms with E-state index in [9.17, 15) is 4.79 Å². The predicted octanol–water partition coefficient (Wildman–Crippen LogP) is 2.07. The first kappa shape index (κ1) is 14.3. The summed E-state index contributed by atoms with van der Waals surface area (Å²) in [5.41, 5.74) is 1.63. The maximum Gasteiger partial charge on any atom is 0.268 e. The maximum absolute atomic E-state index is 12.1.